The summed E-state index contributed by atoms with van der Waals surface area (Å²) in [5.74, 6) is 2.22. The minimum absolute atomic E-state index is 0.167. The van der Waals surface area contributed by atoms with Crippen LogP contribution in [0.1, 0.15) is 11.1 Å². The molecule has 1 amide bonds. The summed E-state index contributed by atoms with van der Waals surface area (Å²) >= 11 is 1.98. The topological polar surface area (TPSA) is 90.9 Å². The summed E-state index contributed by atoms with van der Waals surface area (Å²) < 4.78 is 26.6. The van der Waals surface area contributed by atoms with E-state index in [4.69, 9.17) is 0 Å². The molecule has 1 saturated heterocycles. The monoisotopic (exact) mass is 430 g/mol. The first-order valence-electron chi connectivity index (χ1n) is 9.37. The molecule has 152 valence electrons. The molecule has 2 aliphatic heterocycles. The van der Waals surface area contributed by atoms with Gasteiger partial charge < -0.3 is 5.32 Å². The van der Waals surface area contributed by atoms with Crippen LogP contribution in [0.3, 0.4) is 0 Å². The molecule has 2 N–H and O–H groups in total. The Morgan fingerprint density at radius 2 is 1.93 bits per heavy atom. The number of amidine groups is 1. The Balaban J connectivity index is 1.39. The molecule has 0 radical (unpaired) electrons. The number of benzene rings is 2. The molecule has 0 aliphatic carbocycles. The number of hydrogen-bond acceptors (Lipinski definition) is 6. The highest BCUT2D eigenvalue weighted by Crippen LogP contribution is 2.22. The lowest BCUT2D eigenvalue weighted by Crippen LogP contribution is -2.31. The lowest BCUT2D eigenvalue weighted by atomic mass is 10.2. The molecule has 2 aromatic carbocycles. The van der Waals surface area contributed by atoms with Crippen LogP contribution in [0.2, 0.25) is 0 Å². The maximum Gasteiger partial charge on any atom is 0.263 e. The number of nitrogens with zero attached hydrogens (tertiary/aromatic N) is 2. The first-order chi connectivity index (χ1) is 14.0. The molecule has 29 heavy (non-hydrogen) atoms. The number of carbonyl (C=O) groups excluding carboxylic acids is 1. The van der Waals surface area contributed by atoms with Crippen LogP contribution in [0, 0.1) is 0 Å². The van der Waals surface area contributed by atoms with Crippen molar-refractivity contribution in [1.82, 2.24) is 9.62 Å². The van der Waals surface area contributed by atoms with Gasteiger partial charge in [-0.05, 0) is 29.8 Å². The lowest BCUT2D eigenvalue weighted by molar-refractivity contribution is -0.114. The Morgan fingerprint density at radius 3 is 2.76 bits per heavy atom. The second-order valence-corrected chi connectivity index (χ2v) is 9.78. The fourth-order valence-electron chi connectivity index (χ4n) is 3.37. The first-order valence-corrected chi connectivity index (χ1v) is 12.0. The fraction of sp³-hybridized carbons (Fsp3) is 0.300. The van der Waals surface area contributed by atoms with E-state index in [1.165, 1.54) is 6.07 Å². The predicted molar refractivity (Wildman–Crippen MR) is 116 cm³/mol. The second-order valence-electron chi connectivity index (χ2n) is 6.90. The largest absolute Gasteiger partial charge is 0.324 e. The number of hydrogen-bond donors (Lipinski definition) is 2. The summed E-state index contributed by atoms with van der Waals surface area (Å²) in [6.07, 6.45) is 0. The van der Waals surface area contributed by atoms with Crippen molar-refractivity contribution in [2.75, 3.05) is 36.5 Å². The second kappa shape index (κ2) is 8.56. The van der Waals surface area contributed by atoms with Crippen LogP contribution in [0.25, 0.3) is 0 Å². The van der Waals surface area contributed by atoms with Crippen LogP contribution in [0.15, 0.2) is 58.4 Å². The van der Waals surface area contributed by atoms with Gasteiger partial charge in [-0.15, -0.1) is 0 Å². The average molecular weight is 431 g/mol. The number of aliphatic imine (C=N–C) groups is 1. The third kappa shape index (κ3) is 4.80. The summed E-state index contributed by atoms with van der Waals surface area (Å²) in [6.45, 7) is 2.86. The van der Waals surface area contributed by atoms with E-state index in [0.29, 0.717) is 11.3 Å². The Kier molecular flexibility index (Phi) is 5.89. The molecule has 0 unspecified atom stereocenters. The van der Waals surface area contributed by atoms with Crippen molar-refractivity contribution in [3.8, 4) is 0 Å². The van der Waals surface area contributed by atoms with Gasteiger partial charge in [0.15, 0.2) is 0 Å². The molecule has 0 saturated carbocycles. The van der Waals surface area contributed by atoms with E-state index in [1.54, 1.807) is 18.2 Å². The van der Waals surface area contributed by atoms with Gasteiger partial charge in [-0.25, -0.2) is 8.42 Å². The molecule has 1 fully saturated rings. The number of fused-ring (bicyclic) bond motifs is 1. The number of sulfonamides is 1. The van der Waals surface area contributed by atoms with E-state index in [0.717, 1.165) is 36.7 Å². The fourth-order valence-corrected chi connectivity index (χ4v) is 5.60. The molecular formula is C20H22N4O3S2. The molecule has 2 aromatic rings. The smallest absolute Gasteiger partial charge is 0.263 e. The average Bonchev–Trinajstić information content (AvgIpc) is 2.98. The van der Waals surface area contributed by atoms with Crippen LogP contribution in [-0.4, -0.2) is 56.2 Å². The van der Waals surface area contributed by atoms with Crippen LogP contribution in [0.5, 0.6) is 0 Å². The number of carbonyl (C=O) groups is 1. The standard InChI is InChI=1S/C20H22N4O3S2/c25-19(13-21-20-17-6-1-2-7-18(17)29(26,27)23-20)22-16-5-3-4-15(12-16)14-24-8-10-28-11-9-24/h1-7,12H,8-11,13-14H2,(H,21,23)(H,22,25). The molecule has 0 aromatic heterocycles. The van der Waals surface area contributed by atoms with Crippen LogP contribution >= 0.6 is 11.8 Å². The molecule has 0 bridgehead atoms. The number of nitrogens with one attached hydrogen (secondary N) is 2. The zero-order chi connectivity index (χ0) is 20.3. The molecule has 2 aliphatic rings. The summed E-state index contributed by atoms with van der Waals surface area (Å²) in [7, 11) is -3.60. The van der Waals surface area contributed by atoms with E-state index in [1.807, 2.05) is 30.0 Å². The molecule has 7 nitrogen and oxygen atoms in total. The zero-order valence-corrected chi connectivity index (χ0v) is 17.4. The van der Waals surface area contributed by atoms with Gasteiger partial charge in [0.05, 0.1) is 4.90 Å². The van der Waals surface area contributed by atoms with Crippen LogP contribution in [0.4, 0.5) is 5.69 Å². The van der Waals surface area contributed by atoms with E-state index in [9.17, 15) is 13.2 Å². The summed E-state index contributed by atoms with van der Waals surface area (Å²) in [6, 6.07) is 14.4. The lowest BCUT2D eigenvalue weighted by Gasteiger charge is -2.26. The van der Waals surface area contributed by atoms with Crippen LogP contribution < -0.4 is 10.0 Å². The minimum atomic E-state index is -3.60. The molecule has 2 heterocycles. The third-order valence-electron chi connectivity index (χ3n) is 4.76. The highest BCUT2D eigenvalue weighted by Gasteiger charge is 2.30. The summed E-state index contributed by atoms with van der Waals surface area (Å²) in [5.41, 5.74) is 2.35. The van der Waals surface area contributed by atoms with Crippen LogP contribution in [-0.2, 0) is 21.4 Å². The van der Waals surface area contributed by atoms with Gasteiger partial charge >= 0.3 is 0 Å². The molecule has 9 heteroatoms. The van der Waals surface area contributed by atoms with Crippen molar-refractivity contribution in [2.45, 2.75) is 11.4 Å². The van der Waals surface area contributed by atoms with Crippen molar-refractivity contribution in [3.05, 3.63) is 59.7 Å². The van der Waals surface area contributed by atoms with Crippen molar-refractivity contribution in [3.63, 3.8) is 0 Å². The number of amides is 1. The highest BCUT2D eigenvalue weighted by atomic mass is 32.2. The van der Waals surface area contributed by atoms with Gasteiger partial charge in [-0.2, -0.15) is 11.8 Å². The van der Waals surface area contributed by atoms with E-state index in [2.05, 4.69) is 26.0 Å². The van der Waals surface area contributed by atoms with Crippen molar-refractivity contribution < 1.29 is 13.2 Å². The van der Waals surface area contributed by atoms with Gasteiger partial charge in [0.25, 0.3) is 10.0 Å². The van der Waals surface area contributed by atoms with E-state index < -0.39 is 10.0 Å². The molecule has 4 rings (SSSR count). The van der Waals surface area contributed by atoms with Crippen molar-refractivity contribution in [1.29, 1.82) is 0 Å². The normalized spacial score (nSPS) is 19.5. The SMILES string of the molecule is O=C(CN=C1NS(=O)(=O)c2ccccc21)Nc1cccc(CN2CCSCC2)c1. The Bertz CT molecular complexity index is 1050. The van der Waals surface area contributed by atoms with Gasteiger partial charge in [0.2, 0.25) is 5.91 Å². The molecule has 0 spiro atoms. The third-order valence-corrected chi connectivity index (χ3v) is 7.10. The van der Waals surface area contributed by atoms with Gasteiger partial charge in [0, 0.05) is 42.4 Å². The minimum Gasteiger partial charge on any atom is -0.324 e. The van der Waals surface area contributed by atoms with Crippen molar-refractivity contribution in [2.24, 2.45) is 4.99 Å². The number of thioether (sulfide) groups is 1. The Labute approximate surface area is 174 Å². The quantitative estimate of drug-likeness (QED) is 0.756. The molecule has 0 atom stereocenters. The zero-order valence-electron chi connectivity index (χ0n) is 15.8. The molecular weight excluding hydrogens is 408 g/mol. The number of rotatable bonds is 5. The Morgan fingerprint density at radius 1 is 1.14 bits per heavy atom. The number of anilines is 1. The van der Waals surface area contributed by atoms with Gasteiger partial charge in [-0.3, -0.25) is 19.4 Å². The maximum absolute atomic E-state index is 12.3. The van der Waals surface area contributed by atoms with E-state index in [-0.39, 0.29) is 23.2 Å². The first kappa shape index (κ1) is 19.9. The van der Waals surface area contributed by atoms with E-state index >= 15 is 0 Å². The maximum atomic E-state index is 12.3. The summed E-state index contributed by atoms with van der Waals surface area (Å²) in [5, 5.41) is 2.84. The van der Waals surface area contributed by atoms with Gasteiger partial charge in [-0.1, -0.05) is 24.3 Å². The Hall–Kier alpha value is -2.36. The highest BCUT2D eigenvalue weighted by molar-refractivity contribution is 7.99. The predicted octanol–water partition coefficient (Wildman–Crippen LogP) is 1.91. The van der Waals surface area contributed by atoms with Gasteiger partial charge in [0.1, 0.15) is 12.4 Å². The van der Waals surface area contributed by atoms with Crippen molar-refractivity contribution >= 4 is 39.2 Å². The summed E-state index contributed by atoms with van der Waals surface area (Å²) in [4.78, 5) is 19.1.